The second kappa shape index (κ2) is 7.27. The Morgan fingerprint density at radius 3 is 2.88 bits per heavy atom. The lowest BCUT2D eigenvalue weighted by atomic mass is 10.1. The van der Waals surface area contributed by atoms with Crippen LogP contribution in [0.25, 0.3) is 5.69 Å². The highest BCUT2D eigenvalue weighted by molar-refractivity contribution is 9.10. The third kappa shape index (κ3) is 4.68. The number of rotatable bonds is 4. The molecule has 1 aliphatic heterocycles. The zero-order valence-electron chi connectivity index (χ0n) is 13.7. The number of aromatic nitrogens is 2. The number of halogens is 1. The minimum Gasteiger partial charge on any atom is -0.337 e. The van der Waals surface area contributed by atoms with Crippen LogP contribution >= 0.6 is 15.9 Å². The minimum atomic E-state index is -3.28. The van der Waals surface area contributed by atoms with Gasteiger partial charge in [0.05, 0.1) is 22.6 Å². The second-order valence-electron chi connectivity index (χ2n) is 6.13. The number of sulfonamides is 1. The van der Waals surface area contributed by atoms with Gasteiger partial charge in [0.25, 0.3) is 5.91 Å². The SMILES string of the molecule is CS(=O)(=O)N[C@H]1CCCN(C(=O)c2cccc(-n3cc(Br)cn3)c2)C1. The topological polar surface area (TPSA) is 84.3 Å². The molecular formula is C16H19BrN4O3S. The average Bonchev–Trinajstić information content (AvgIpc) is 2.99. The first-order valence-electron chi connectivity index (χ1n) is 7.89. The van der Waals surface area contributed by atoms with Gasteiger partial charge in [-0.05, 0) is 47.0 Å². The van der Waals surface area contributed by atoms with Crippen LogP contribution in [0.4, 0.5) is 0 Å². The molecule has 25 heavy (non-hydrogen) atoms. The first-order valence-corrected chi connectivity index (χ1v) is 10.6. The summed E-state index contributed by atoms with van der Waals surface area (Å²) in [5.41, 5.74) is 1.35. The number of carbonyl (C=O) groups is 1. The van der Waals surface area contributed by atoms with E-state index in [-0.39, 0.29) is 11.9 Å². The molecule has 0 radical (unpaired) electrons. The molecule has 0 saturated carbocycles. The molecule has 0 bridgehead atoms. The fraction of sp³-hybridized carbons (Fsp3) is 0.375. The Balaban J connectivity index is 1.76. The number of benzene rings is 1. The Labute approximate surface area is 155 Å². The largest absolute Gasteiger partial charge is 0.337 e. The summed E-state index contributed by atoms with van der Waals surface area (Å²) in [5.74, 6) is -0.104. The lowest BCUT2D eigenvalue weighted by Crippen LogP contribution is -2.49. The Kier molecular flexibility index (Phi) is 5.26. The van der Waals surface area contributed by atoms with Gasteiger partial charge in [0, 0.05) is 30.9 Å². The van der Waals surface area contributed by atoms with Crippen LogP contribution in [0.3, 0.4) is 0 Å². The molecule has 0 unspecified atom stereocenters. The van der Waals surface area contributed by atoms with Gasteiger partial charge in [-0.2, -0.15) is 5.10 Å². The van der Waals surface area contributed by atoms with E-state index in [2.05, 4.69) is 25.8 Å². The maximum Gasteiger partial charge on any atom is 0.253 e. The molecule has 1 aliphatic rings. The van der Waals surface area contributed by atoms with Gasteiger partial charge in [0.15, 0.2) is 0 Å². The van der Waals surface area contributed by atoms with Crippen molar-refractivity contribution in [2.24, 2.45) is 0 Å². The molecule has 9 heteroatoms. The highest BCUT2D eigenvalue weighted by atomic mass is 79.9. The number of hydrogen-bond donors (Lipinski definition) is 1. The molecule has 1 atom stereocenters. The van der Waals surface area contributed by atoms with Crippen molar-refractivity contribution in [2.75, 3.05) is 19.3 Å². The highest BCUT2D eigenvalue weighted by Gasteiger charge is 2.26. The fourth-order valence-corrected chi connectivity index (χ4v) is 4.05. The molecule has 0 aliphatic carbocycles. The smallest absolute Gasteiger partial charge is 0.253 e. The number of nitrogens with one attached hydrogen (secondary N) is 1. The summed E-state index contributed by atoms with van der Waals surface area (Å²) in [6.07, 6.45) is 6.14. The van der Waals surface area contributed by atoms with Crippen LogP contribution in [-0.2, 0) is 10.0 Å². The Hall–Kier alpha value is -1.71. The zero-order chi connectivity index (χ0) is 18.0. The number of nitrogens with zero attached hydrogens (tertiary/aromatic N) is 3. The van der Waals surface area contributed by atoms with Gasteiger partial charge < -0.3 is 4.90 Å². The number of hydrogen-bond acceptors (Lipinski definition) is 4. The monoisotopic (exact) mass is 426 g/mol. The second-order valence-corrected chi connectivity index (χ2v) is 8.83. The normalized spacial score (nSPS) is 18.3. The summed E-state index contributed by atoms with van der Waals surface area (Å²) in [5, 5.41) is 4.22. The number of carbonyl (C=O) groups excluding carboxylic acids is 1. The predicted octanol–water partition coefficient (Wildman–Crippen LogP) is 1.79. The highest BCUT2D eigenvalue weighted by Crippen LogP contribution is 2.18. The Morgan fingerprint density at radius 2 is 2.20 bits per heavy atom. The van der Waals surface area contributed by atoms with Gasteiger partial charge in [-0.3, -0.25) is 4.79 Å². The van der Waals surface area contributed by atoms with Crippen LogP contribution in [0, 0.1) is 0 Å². The summed E-state index contributed by atoms with van der Waals surface area (Å²) in [4.78, 5) is 14.5. The van der Waals surface area contributed by atoms with E-state index in [0.717, 1.165) is 29.3 Å². The van der Waals surface area contributed by atoms with Crippen molar-refractivity contribution in [1.82, 2.24) is 19.4 Å². The van der Waals surface area contributed by atoms with Crippen molar-refractivity contribution in [3.05, 3.63) is 46.7 Å². The third-order valence-corrected chi connectivity index (χ3v) is 5.17. The van der Waals surface area contributed by atoms with Crippen LogP contribution < -0.4 is 4.72 Å². The predicted molar refractivity (Wildman–Crippen MR) is 98.2 cm³/mol. The quantitative estimate of drug-likeness (QED) is 0.807. The molecule has 3 rings (SSSR count). The van der Waals surface area contributed by atoms with Crippen molar-refractivity contribution < 1.29 is 13.2 Å². The van der Waals surface area contributed by atoms with Crippen molar-refractivity contribution in [3.63, 3.8) is 0 Å². The van der Waals surface area contributed by atoms with Crippen LogP contribution in [0.5, 0.6) is 0 Å². The van der Waals surface area contributed by atoms with Gasteiger partial charge in [-0.25, -0.2) is 17.8 Å². The van der Waals surface area contributed by atoms with E-state index in [1.807, 2.05) is 18.3 Å². The standard InChI is InChI=1S/C16H19BrN4O3S/c1-25(23,24)19-14-5-3-7-20(11-14)16(22)12-4-2-6-15(8-12)21-10-13(17)9-18-21/h2,4,6,8-10,14,19H,3,5,7,11H2,1H3/t14-/m0/s1. The summed E-state index contributed by atoms with van der Waals surface area (Å²) >= 11 is 3.36. The molecule has 1 amide bonds. The summed E-state index contributed by atoms with van der Waals surface area (Å²) in [6.45, 7) is 1.00. The third-order valence-electron chi connectivity index (χ3n) is 4.00. The molecule has 0 spiro atoms. The molecular weight excluding hydrogens is 408 g/mol. The number of amides is 1. The van der Waals surface area contributed by atoms with E-state index in [9.17, 15) is 13.2 Å². The first kappa shape index (κ1) is 18.1. The van der Waals surface area contributed by atoms with Gasteiger partial charge in [0.2, 0.25) is 10.0 Å². The molecule has 1 N–H and O–H groups in total. The number of piperidine rings is 1. The molecule has 1 saturated heterocycles. The average molecular weight is 427 g/mol. The molecule has 134 valence electrons. The minimum absolute atomic E-state index is 0.104. The van der Waals surface area contributed by atoms with E-state index in [1.54, 1.807) is 27.9 Å². The van der Waals surface area contributed by atoms with Gasteiger partial charge in [-0.1, -0.05) is 6.07 Å². The maximum absolute atomic E-state index is 12.8. The lowest BCUT2D eigenvalue weighted by molar-refractivity contribution is 0.0703. The summed E-state index contributed by atoms with van der Waals surface area (Å²) < 4.78 is 28.0. The molecule has 1 aromatic heterocycles. The number of likely N-dealkylation sites (tertiary alicyclic amines) is 1. The maximum atomic E-state index is 12.8. The van der Waals surface area contributed by atoms with Crippen LogP contribution in [0.1, 0.15) is 23.2 Å². The van der Waals surface area contributed by atoms with Gasteiger partial charge in [-0.15, -0.1) is 0 Å². The van der Waals surface area contributed by atoms with Crippen LogP contribution in [-0.4, -0.2) is 54.4 Å². The summed E-state index contributed by atoms with van der Waals surface area (Å²) in [6, 6.07) is 7.00. The van der Waals surface area contributed by atoms with Crippen LogP contribution in [0.2, 0.25) is 0 Å². The molecule has 1 aromatic carbocycles. The zero-order valence-corrected chi connectivity index (χ0v) is 16.1. The summed E-state index contributed by atoms with van der Waals surface area (Å²) in [7, 11) is -3.28. The molecule has 7 nitrogen and oxygen atoms in total. The van der Waals surface area contributed by atoms with E-state index >= 15 is 0 Å². The van der Waals surface area contributed by atoms with Crippen LogP contribution in [0.15, 0.2) is 41.1 Å². The molecule has 1 fully saturated rings. The fourth-order valence-electron chi connectivity index (χ4n) is 2.97. The van der Waals surface area contributed by atoms with Crippen molar-refractivity contribution in [2.45, 2.75) is 18.9 Å². The first-order chi connectivity index (χ1) is 11.8. The van der Waals surface area contributed by atoms with Crippen molar-refractivity contribution >= 4 is 31.9 Å². The van der Waals surface area contributed by atoms with E-state index in [0.29, 0.717) is 18.7 Å². The lowest BCUT2D eigenvalue weighted by Gasteiger charge is -2.32. The van der Waals surface area contributed by atoms with Crippen molar-refractivity contribution in [3.8, 4) is 5.69 Å². The van der Waals surface area contributed by atoms with Gasteiger partial charge >= 0.3 is 0 Å². The molecule has 2 heterocycles. The van der Waals surface area contributed by atoms with E-state index in [1.165, 1.54) is 0 Å². The van der Waals surface area contributed by atoms with E-state index < -0.39 is 10.0 Å². The molecule has 2 aromatic rings. The Bertz CT molecular complexity index is 881. The van der Waals surface area contributed by atoms with Crippen molar-refractivity contribution in [1.29, 1.82) is 0 Å². The van der Waals surface area contributed by atoms with Gasteiger partial charge in [0.1, 0.15) is 0 Å². The van der Waals surface area contributed by atoms with E-state index in [4.69, 9.17) is 0 Å². The Morgan fingerprint density at radius 1 is 1.40 bits per heavy atom.